The van der Waals surface area contributed by atoms with Gasteiger partial charge >= 0.3 is 6.03 Å². The van der Waals surface area contributed by atoms with E-state index in [1.54, 1.807) is 4.90 Å². The van der Waals surface area contributed by atoms with E-state index < -0.39 is 0 Å². The number of nitrogens with zero attached hydrogens (tertiary/aromatic N) is 3. The molecular formula is C10H15N3O4. The van der Waals surface area contributed by atoms with Crippen molar-refractivity contribution >= 4 is 11.7 Å². The summed E-state index contributed by atoms with van der Waals surface area (Å²) in [5.41, 5.74) is 0.797. The van der Waals surface area contributed by atoms with Crippen molar-refractivity contribution < 1.29 is 19.9 Å². The van der Waals surface area contributed by atoms with Crippen molar-refractivity contribution in [3.63, 3.8) is 0 Å². The van der Waals surface area contributed by atoms with E-state index in [0.29, 0.717) is 13.0 Å². The standard InChI is InChI=1S/C10H15N3O4/c14-5-7-3-8(11-17-7)9-2-1-6-4-12(9)10(15)13(6)16/h6-7,9,14,16H,1-5H2/t6?,7-,9+/m1/s1. The Morgan fingerprint density at radius 1 is 1.47 bits per heavy atom. The number of hydrogen-bond donors (Lipinski definition) is 2. The molecule has 3 atom stereocenters. The van der Waals surface area contributed by atoms with E-state index in [9.17, 15) is 10.0 Å². The predicted octanol–water partition coefficient (Wildman–Crippen LogP) is -0.219. The quantitative estimate of drug-likeness (QED) is 0.654. The number of urea groups is 1. The van der Waals surface area contributed by atoms with Crippen LogP contribution in [0.25, 0.3) is 0 Å². The Labute approximate surface area is 98.2 Å². The molecule has 2 amide bonds. The highest BCUT2D eigenvalue weighted by Gasteiger charge is 2.46. The number of carbonyl (C=O) groups excluding carboxylic acids is 1. The first-order valence-electron chi connectivity index (χ1n) is 5.83. The molecule has 0 spiro atoms. The van der Waals surface area contributed by atoms with Crippen molar-refractivity contribution in [2.75, 3.05) is 13.2 Å². The van der Waals surface area contributed by atoms with E-state index in [-0.39, 0.29) is 30.8 Å². The maximum atomic E-state index is 11.8. The molecule has 1 unspecified atom stereocenters. The number of piperidine rings is 1. The van der Waals surface area contributed by atoms with Gasteiger partial charge in [0.2, 0.25) is 0 Å². The Hall–Kier alpha value is -1.34. The Bertz CT molecular complexity index is 373. The first kappa shape index (κ1) is 10.8. The molecule has 2 bridgehead atoms. The average molecular weight is 241 g/mol. The molecule has 94 valence electrons. The van der Waals surface area contributed by atoms with Gasteiger partial charge in [0.25, 0.3) is 0 Å². The third-order valence-corrected chi connectivity index (χ3v) is 3.69. The molecule has 0 aromatic heterocycles. The second-order valence-electron chi connectivity index (χ2n) is 4.72. The van der Waals surface area contributed by atoms with Crippen LogP contribution in [0.1, 0.15) is 19.3 Å². The minimum absolute atomic E-state index is 0.0670. The summed E-state index contributed by atoms with van der Waals surface area (Å²) in [6, 6.07) is -0.532. The third-order valence-electron chi connectivity index (χ3n) is 3.69. The normalized spacial score (nSPS) is 36.2. The van der Waals surface area contributed by atoms with Crippen molar-refractivity contribution in [1.82, 2.24) is 9.96 Å². The Balaban J connectivity index is 1.75. The molecule has 7 heteroatoms. The summed E-state index contributed by atoms with van der Waals surface area (Å²) in [6.45, 7) is 0.477. The number of carbonyl (C=O) groups is 1. The van der Waals surface area contributed by atoms with Crippen LogP contribution in [0.4, 0.5) is 4.79 Å². The fourth-order valence-corrected chi connectivity index (χ4v) is 2.74. The van der Waals surface area contributed by atoms with Crippen LogP contribution < -0.4 is 0 Å². The Kier molecular flexibility index (Phi) is 2.44. The highest BCUT2D eigenvalue weighted by atomic mass is 16.6. The van der Waals surface area contributed by atoms with E-state index in [4.69, 9.17) is 9.94 Å². The van der Waals surface area contributed by atoms with Crippen LogP contribution in [-0.2, 0) is 4.84 Å². The van der Waals surface area contributed by atoms with Crippen molar-refractivity contribution in [1.29, 1.82) is 0 Å². The van der Waals surface area contributed by atoms with Gasteiger partial charge in [0.15, 0.2) is 6.10 Å². The molecule has 0 aliphatic carbocycles. The zero-order valence-electron chi connectivity index (χ0n) is 9.32. The highest BCUT2D eigenvalue weighted by Crippen LogP contribution is 2.31. The predicted molar refractivity (Wildman–Crippen MR) is 56.5 cm³/mol. The first-order chi connectivity index (χ1) is 8.20. The Morgan fingerprint density at radius 3 is 3.00 bits per heavy atom. The van der Waals surface area contributed by atoms with Gasteiger partial charge in [-0.1, -0.05) is 5.16 Å². The number of rotatable bonds is 2. The molecule has 2 saturated heterocycles. The minimum atomic E-state index is -0.354. The summed E-state index contributed by atoms with van der Waals surface area (Å²) in [5.74, 6) is 0. The average Bonchev–Trinajstić information content (AvgIpc) is 2.91. The van der Waals surface area contributed by atoms with Gasteiger partial charge < -0.3 is 14.8 Å². The molecule has 3 rings (SSSR count). The molecule has 7 nitrogen and oxygen atoms in total. The van der Waals surface area contributed by atoms with Crippen molar-refractivity contribution in [3.8, 4) is 0 Å². The fraction of sp³-hybridized carbons (Fsp3) is 0.800. The van der Waals surface area contributed by atoms with E-state index in [1.807, 2.05) is 0 Å². The maximum absolute atomic E-state index is 11.8. The SMILES string of the molecule is O=C1N(O)C2CC[C@@H](C3=NO[C@@H](CO)C3)N1C2. The van der Waals surface area contributed by atoms with E-state index in [2.05, 4.69) is 5.16 Å². The Morgan fingerprint density at radius 2 is 2.29 bits per heavy atom. The second kappa shape index (κ2) is 3.85. The van der Waals surface area contributed by atoms with E-state index in [1.165, 1.54) is 0 Å². The van der Waals surface area contributed by atoms with Crippen LogP contribution in [0.3, 0.4) is 0 Å². The zero-order valence-corrected chi connectivity index (χ0v) is 9.32. The summed E-state index contributed by atoms with van der Waals surface area (Å²) in [5, 5.41) is 23.3. The number of fused-ring (bicyclic) bond motifs is 2. The van der Waals surface area contributed by atoms with Crippen LogP contribution >= 0.6 is 0 Å². The summed E-state index contributed by atoms with van der Waals surface area (Å²) < 4.78 is 0. The number of hydrogen-bond acceptors (Lipinski definition) is 5. The number of aliphatic hydroxyl groups excluding tert-OH is 1. The van der Waals surface area contributed by atoms with Gasteiger partial charge in [-0.3, -0.25) is 5.21 Å². The first-order valence-corrected chi connectivity index (χ1v) is 5.83. The molecule has 2 fully saturated rings. The third kappa shape index (κ3) is 1.57. The maximum Gasteiger partial charge on any atom is 0.344 e. The second-order valence-corrected chi connectivity index (χ2v) is 4.72. The summed E-state index contributed by atoms with van der Waals surface area (Å²) >= 11 is 0. The largest absolute Gasteiger partial charge is 0.392 e. The number of aliphatic hydroxyl groups is 1. The zero-order chi connectivity index (χ0) is 12.0. The molecular weight excluding hydrogens is 226 g/mol. The molecule has 0 aromatic rings. The van der Waals surface area contributed by atoms with Gasteiger partial charge in [-0.15, -0.1) is 0 Å². The molecule has 17 heavy (non-hydrogen) atoms. The smallest absolute Gasteiger partial charge is 0.344 e. The summed E-state index contributed by atoms with van der Waals surface area (Å²) in [7, 11) is 0. The molecule has 0 saturated carbocycles. The van der Waals surface area contributed by atoms with E-state index in [0.717, 1.165) is 23.6 Å². The van der Waals surface area contributed by atoms with Crippen LogP contribution in [0, 0.1) is 0 Å². The lowest BCUT2D eigenvalue weighted by atomic mass is 9.95. The lowest BCUT2D eigenvalue weighted by Crippen LogP contribution is -2.45. The number of hydroxylamine groups is 2. The lowest BCUT2D eigenvalue weighted by molar-refractivity contribution is -0.0583. The fourth-order valence-electron chi connectivity index (χ4n) is 2.74. The van der Waals surface area contributed by atoms with Crippen molar-refractivity contribution in [2.24, 2.45) is 5.16 Å². The van der Waals surface area contributed by atoms with Crippen LogP contribution in [0.5, 0.6) is 0 Å². The molecule has 3 aliphatic rings. The monoisotopic (exact) mass is 241 g/mol. The molecule has 3 heterocycles. The van der Waals surface area contributed by atoms with Gasteiger partial charge in [-0.25, -0.2) is 9.86 Å². The molecule has 0 aromatic carbocycles. The van der Waals surface area contributed by atoms with Gasteiger partial charge in [0.1, 0.15) is 0 Å². The van der Waals surface area contributed by atoms with Gasteiger partial charge in [0.05, 0.1) is 24.4 Å². The van der Waals surface area contributed by atoms with Crippen LogP contribution in [0.15, 0.2) is 5.16 Å². The summed E-state index contributed by atoms with van der Waals surface area (Å²) in [4.78, 5) is 18.5. The molecule has 3 aliphatic heterocycles. The van der Waals surface area contributed by atoms with E-state index >= 15 is 0 Å². The highest BCUT2D eigenvalue weighted by molar-refractivity contribution is 5.94. The topological polar surface area (TPSA) is 85.6 Å². The van der Waals surface area contributed by atoms with Crippen LogP contribution in [0.2, 0.25) is 0 Å². The van der Waals surface area contributed by atoms with Gasteiger partial charge in [-0.05, 0) is 12.8 Å². The van der Waals surface area contributed by atoms with Gasteiger partial charge in [0, 0.05) is 13.0 Å². The number of amides is 2. The summed E-state index contributed by atoms with van der Waals surface area (Å²) in [6.07, 6.45) is 1.83. The van der Waals surface area contributed by atoms with Crippen molar-refractivity contribution in [2.45, 2.75) is 37.5 Å². The molecule has 0 radical (unpaired) electrons. The number of oxime groups is 1. The van der Waals surface area contributed by atoms with Crippen LogP contribution in [-0.4, -0.2) is 63.4 Å². The molecule has 2 N–H and O–H groups in total. The lowest BCUT2D eigenvalue weighted by Gasteiger charge is -2.29. The minimum Gasteiger partial charge on any atom is -0.392 e. The van der Waals surface area contributed by atoms with Crippen molar-refractivity contribution in [3.05, 3.63) is 0 Å². The van der Waals surface area contributed by atoms with Gasteiger partial charge in [-0.2, -0.15) is 0 Å².